The molecule has 0 aliphatic rings. The Morgan fingerprint density at radius 3 is 2.11 bits per heavy atom. The summed E-state index contributed by atoms with van der Waals surface area (Å²) in [4.78, 5) is 27.1. The zero-order chi connectivity index (χ0) is 20.5. The fourth-order valence-electron chi connectivity index (χ4n) is 2.93. The lowest BCUT2D eigenvalue weighted by Gasteiger charge is -2.21. The summed E-state index contributed by atoms with van der Waals surface area (Å²) in [6.07, 6.45) is 0.926. The average Bonchev–Trinajstić information content (AvgIpc) is 2.70. The second-order valence-electron chi connectivity index (χ2n) is 7.19. The Morgan fingerprint density at radius 2 is 1.54 bits per heavy atom. The van der Waals surface area contributed by atoms with Gasteiger partial charge in [-0.25, -0.2) is 0 Å². The molecule has 0 heterocycles. The predicted octanol–water partition coefficient (Wildman–Crippen LogP) is 4.56. The summed E-state index contributed by atoms with van der Waals surface area (Å²) < 4.78 is 0. The van der Waals surface area contributed by atoms with Crippen LogP contribution in [0.1, 0.15) is 54.8 Å². The minimum atomic E-state index is -0.229. The van der Waals surface area contributed by atoms with E-state index in [9.17, 15) is 9.59 Å². The van der Waals surface area contributed by atoms with Gasteiger partial charge in [-0.15, -0.1) is 0 Å². The molecule has 2 aromatic rings. The zero-order valence-electron chi connectivity index (χ0n) is 17.3. The van der Waals surface area contributed by atoms with Crippen LogP contribution >= 0.6 is 0 Å². The monoisotopic (exact) mass is 381 g/mol. The van der Waals surface area contributed by atoms with Gasteiger partial charge in [0.05, 0.1) is 0 Å². The number of benzene rings is 2. The minimum absolute atomic E-state index is 0.154. The summed E-state index contributed by atoms with van der Waals surface area (Å²) in [5, 5.41) is 5.79. The predicted molar refractivity (Wildman–Crippen MR) is 116 cm³/mol. The number of carbonyl (C=O) groups excluding carboxylic acids is 2. The Morgan fingerprint density at radius 1 is 0.929 bits per heavy atom. The van der Waals surface area contributed by atoms with Gasteiger partial charge in [-0.1, -0.05) is 19.9 Å². The summed E-state index contributed by atoms with van der Waals surface area (Å²) in [5.41, 5.74) is 2.81. The number of anilines is 2. The first-order valence-corrected chi connectivity index (χ1v) is 9.99. The minimum Gasteiger partial charge on any atom is -0.372 e. The van der Waals surface area contributed by atoms with Crippen LogP contribution < -0.4 is 15.5 Å². The number of nitrogens with zero attached hydrogens (tertiary/aromatic N) is 1. The molecule has 2 amide bonds. The van der Waals surface area contributed by atoms with Gasteiger partial charge in [-0.3, -0.25) is 9.59 Å². The molecule has 150 valence electrons. The third-order valence-electron chi connectivity index (χ3n) is 4.65. The van der Waals surface area contributed by atoms with Crippen molar-refractivity contribution >= 4 is 23.2 Å². The fraction of sp³-hybridized carbons (Fsp3) is 0.391. The van der Waals surface area contributed by atoms with E-state index in [-0.39, 0.29) is 11.8 Å². The average molecular weight is 382 g/mol. The number of carbonyl (C=O) groups is 2. The van der Waals surface area contributed by atoms with E-state index in [1.165, 1.54) is 0 Å². The van der Waals surface area contributed by atoms with Gasteiger partial charge >= 0.3 is 0 Å². The van der Waals surface area contributed by atoms with E-state index in [1.807, 2.05) is 24.3 Å². The summed E-state index contributed by atoms with van der Waals surface area (Å²) in [5.74, 6) is 0.150. The largest absolute Gasteiger partial charge is 0.372 e. The Kier molecular flexibility index (Phi) is 8.05. The maximum absolute atomic E-state index is 12.6. The van der Waals surface area contributed by atoms with Gasteiger partial charge in [0.1, 0.15) is 0 Å². The molecule has 0 aliphatic heterocycles. The summed E-state index contributed by atoms with van der Waals surface area (Å²) >= 11 is 0. The number of rotatable bonds is 9. The molecule has 2 rings (SSSR count). The molecule has 0 saturated heterocycles. The smallest absolute Gasteiger partial charge is 0.255 e. The van der Waals surface area contributed by atoms with E-state index in [4.69, 9.17) is 0 Å². The van der Waals surface area contributed by atoms with E-state index >= 15 is 0 Å². The molecule has 0 aliphatic carbocycles. The standard InChI is InChI=1S/C23H31N3O2/c1-5-26(6-2)21-12-10-20(11-13-21)25-23(28)19-9-7-8-18(16-19)22(27)24-15-14-17(3)4/h7-13,16-17H,5-6,14-15H2,1-4H3,(H,24,27)(H,25,28). The van der Waals surface area contributed by atoms with Crippen LogP contribution in [0.15, 0.2) is 48.5 Å². The van der Waals surface area contributed by atoms with Gasteiger partial charge in [-0.05, 0) is 68.7 Å². The lowest BCUT2D eigenvalue weighted by Crippen LogP contribution is -2.25. The van der Waals surface area contributed by atoms with Crippen molar-refractivity contribution in [2.75, 3.05) is 29.9 Å². The van der Waals surface area contributed by atoms with Gasteiger partial charge < -0.3 is 15.5 Å². The number of amides is 2. The second-order valence-corrected chi connectivity index (χ2v) is 7.19. The molecule has 0 radical (unpaired) electrons. The fourth-order valence-corrected chi connectivity index (χ4v) is 2.93. The third kappa shape index (κ3) is 6.12. The molecule has 0 atom stereocenters. The molecule has 0 unspecified atom stereocenters. The Balaban J connectivity index is 2.01. The van der Waals surface area contributed by atoms with Gasteiger partial charge in [0, 0.05) is 42.1 Å². The van der Waals surface area contributed by atoms with Crippen LogP contribution in [0, 0.1) is 5.92 Å². The molecule has 0 spiro atoms. The molecule has 0 fully saturated rings. The van der Waals surface area contributed by atoms with Crippen LogP contribution in [0.5, 0.6) is 0 Å². The maximum Gasteiger partial charge on any atom is 0.255 e. The van der Waals surface area contributed by atoms with E-state index in [1.54, 1.807) is 24.3 Å². The van der Waals surface area contributed by atoms with Crippen LogP contribution in [0.2, 0.25) is 0 Å². The van der Waals surface area contributed by atoms with Crippen molar-refractivity contribution in [3.8, 4) is 0 Å². The van der Waals surface area contributed by atoms with E-state index in [0.717, 1.165) is 30.9 Å². The van der Waals surface area contributed by atoms with Crippen LogP contribution in [0.3, 0.4) is 0 Å². The Bertz CT molecular complexity index is 781. The van der Waals surface area contributed by atoms with Gasteiger partial charge in [0.25, 0.3) is 11.8 Å². The van der Waals surface area contributed by atoms with Crippen molar-refractivity contribution < 1.29 is 9.59 Å². The van der Waals surface area contributed by atoms with Crippen LogP contribution in [0.25, 0.3) is 0 Å². The van der Waals surface area contributed by atoms with Crippen molar-refractivity contribution in [1.29, 1.82) is 0 Å². The van der Waals surface area contributed by atoms with Gasteiger partial charge in [-0.2, -0.15) is 0 Å². The highest BCUT2D eigenvalue weighted by Crippen LogP contribution is 2.18. The first kappa shape index (κ1) is 21.5. The van der Waals surface area contributed by atoms with E-state index in [0.29, 0.717) is 23.6 Å². The number of hydrogen-bond donors (Lipinski definition) is 2. The molecule has 0 saturated carbocycles. The molecule has 28 heavy (non-hydrogen) atoms. The lowest BCUT2D eigenvalue weighted by atomic mass is 10.1. The highest BCUT2D eigenvalue weighted by atomic mass is 16.2. The first-order valence-electron chi connectivity index (χ1n) is 9.99. The maximum atomic E-state index is 12.6. The lowest BCUT2D eigenvalue weighted by molar-refractivity contribution is 0.0952. The van der Waals surface area contributed by atoms with Crippen LogP contribution in [-0.4, -0.2) is 31.4 Å². The highest BCUT2D eigenvalue weighted by Gasteiger charge is 2.11. The molecule has 5 heteroatoms. The van der Waals surface area contributed by atoms with Crippen molar-refractivity contribution in [1.82, 2.24) is 5.32 Å². The van der Waals surface area contributed by atoms with Gasteiger partial charge in [0.15, 0.2) is 0 Å². The molecule has 2 N–H and O–H groups in total. The molecule has 0 bridgehead atoms. The topological polar surface area (TPSA) is 61.4 Å². The molecular formula is C23H31N3O2. The first-order chi connectivity index (χ1) is 13.4. The third-order valence-corrected chi connectivity index (χ3v) is 4.65. The number of nitrogens with one attached hydrogen (secondary N) is 2. The van der Waals surface area contributed by atoms with Crippen molar-refractivity contribution in [3.63, 3.8) is 0 Å². The number of hydrogen-bond acceptors (Lipinski definition) is 3. The van der Waals surface area contributed by atoms with E-state index < -0.39 is 0 Å². The second kappa shape index (κ2) is 10.5. The molecule has 2 aromatic carbocycles. The van der Waals surface area contributed by atoms with Crippen LogP contribution in [0.4, 0.5) is 11.4 Å². The zero-order valence-corrected chi connectivity index (χ0v) is 17.3. The van der Waals surface area contributed by atoms with Crippen molar-refractivity contribution in [2.24, 2.45) is 5.92 Å². The normalized spacial score (nSPS) is 10.6. The highest BCUT2D eigenvalue weighted by molar-refractivity contribution is 6.06. The van der Waals surface area contributed by atoms with Gasteiger partial charge in [0.2, 0.25) is 0 Å². The molecule has 0 aromatic heterocycles. The molecular weight excluding hydrogens is 350 g/mol. The summed E-state index contributed by atoms with van der Waals surface area (Å²) in [6.45, 7) is 11.0. The molecule has 5 nitrogen and oxygen atoms in total. The van der Waals surface area contributed by atoms with Crippen molar-refractivity contribution in [3.05, 3.63) is 59.7 Å². The van der Waals surface area contributed by atoms with Crippen molar-refractivity contribution in [2.45, 2.75) is 34.1 Å². The summed E-state index contributed by atoms with van der Waals surface area (Å²) in [6, 6.07) is 14.6. The SMILES string of the molecule is CCN(CC)c1ccc(NC(=O)c2cccc(C(=O)NCCC(C)C)c2)cc1. The Hall–Kier alpha value is -2.82. The van der Waals surface area contributed by atoms with Crippen LogP contribution in [-0.2, 0) is 0 Å². The quantitative estimate of drug-likeness (QED) is 0.669. The van der Waals surface area contributed by atoms with E-state index in [2.05, 4.69) is 43.2 Å². The summed E-state index contributed by atoms with van der Waals surface area (Å²) in [7, 11) is 0. The Labute approximate surface area is 168 Å².